The summed E-state index contributed by atoms with van der Waals surface area (Å²) < 4.78 is 33.0. The number of sulfonamides is 1. The maximum absolute atomic E-state index is 12.7. The molecule has 1 heterocycles. The molecule has 13 heteroatoms. The number of ether oxygens (including phenoxy) is 1. The Morgan fingerprint density at radius 3 is 2.36 bits per heavy atom. The first kappa shape index (κ1) is 25.3. The average molecular weight is 549 g/mol. The highest BCUT2D eigenvalue weighted by Crippen LogP contribution is 2.26. The Hall–Kier alpha value is -3.80. The summed E-state index contributed by atoms with van der Waals surface area (Å²) in [6.07, 6.45) is -1.15. The van der Waals surface area contributed by atoms with Crippen LogP contribution in [0.25, 0.3) is 11.0 Å². The highest BCUT2D eigenvalue weighted by molar-refractivity contribution is 7.92. The second kappa shape index (κ2) is 10.1. The number of rotatable bonds is 7. The lowest BCUT2D eigenvalue weighted by molar-refractivity contribution is -0.123. The SMILES string of the molecule is C[C@@H](OC(=O)c1ccc(NS(=O)(=O)c2ccc3[nH]c(=O)[nH]c3c2)cc1)C(=O)Nc1cc(Cl)ccc1Cl. The normalized spacial score (nSPS) is 12.2. The number of amides is 1. The lowest BCUT2D eigenvalue weighted by Gasteiger charge is -2.15. The van der Waals surface area contributed by atoms with E-state index in [-0.39, 0.29) is 26.9 Å². The van der Waals surface area contributed by atoms with Gasteiger partial charge >= 0.3 is 11.7 Å². The van der Waals surface area contributed by atoms with Crippen LogP contribution in [0, 0.1) is 0 Å². The van der Waals surface area contributed by atoms with Crippen LogP contribution in [0.15, 0.2) is 70.4 Å². The van der Waals surface area contributed by atoms with Crippen molar-refractivity contribution in [1.29, 1.82) is 0 Å². The molecule has 4 N–H and O–H groups in total. The summed E-state index contributed by atoms with van der Waals surface area (Å²) in [6, 6.07) is 14.2. The summed E-state index contributed by atoms with van der Waals surface area (Å²) >= 11 is 11.9. The zero-order chi connectivity index (χ0) is 26.0. The summed E-state index contributed by atoms with van der Waals surface area (Å²) in [6.45, 7) is 1.39. The molecule has 0 aliphatic carbocycles. The van der Waals surface area contributed by atoms with Gasteiger partial charge < -0.3 is 20.0 Å². The summed E-state index contributed by atoms with van der Waals surface area (Å²) in [5, 5.41) is 3.18. The number of esters is 1. The number of carbonyl (C=O) groups is 2. The third-order valence-electron chi connectivity index (χ3n) is 5.01. The first-order valence-corrected chi connectivity index (χ1v) is 12.6. The monoisotopic (exact) mass is 548 g/mol. The van der Waals surface area contributed by atoms with E-state index in [1.165, 1.54) is 61.5 Å². The van der Waals surface area contributed by atoms with Gasteiger partial charge in [-0.05, 0) is 67.6 Å². The van der Waals surface area contributed by atoms with Crippen molar-refractivity contribution in [1.82, 2.24) is 9.97 Å². The third kappa shape index (κ3) is 5.70. The standard InChI is InChI=1S/C23H18Cl2N4O6S/c1-12(21(30)26-19-10-14(24)4-8-17(19)25)35-22(31)13-2-5-15(6-3-13)29-36(33,34)16-7-9-18-20(11-16)28-23(32)27-18/h2-12,29H,1H3,(H,26,30)(H2,27,28,32)/t12-/m1/s1. The van der Waals surface area contributed by atoms with Gasteiger partial charge in [-0.3, -0.25) is 9.52 Å². The number of carbonyl (C=O) groups excluding carboxylic acids is 2. The molecule has 0 saturated heterocycles. The molecule has 3 aromatic carbocycles. The molecule has 4 rings (SSSR count). The van der Waals surface area contributed by atoms with E-state index in [9.17, 15) is 22.8 Å². The molecule has 1 amide bonds. The van der Waals surface area contributed by atoms with Crippen molar-refractivity contribution in [2.24, 2.45) is 0 Å². The Morgan fingerprint density at radius 2 is 1.64 bits per heavy atom. The molecule has 0 unspecified atom stereocenters. The van der Waals surface area contributed by atoms with Gasteiger partial charge in [0.05, 0.1) is 32.2 Å². The van der Waals surface area contributed by atoms with Crippen molar-refractivity contribution in [2.45, 2.75) is 17.9 Å². The Morgan fingerprint density at radius 1 is 0.944 bits per heavy atom. The maximum Gasteiger partial charge on any atom is 0.338 e. The van der Waals surface area contributed by atoms with Gasteiger partial charge in [-0.1, -0.05) is 23.2 Å². The predicted molar refractivity (Wildman–Crippen MR) is 136 cm³/mol. The molecule has 0 aliphatic rings. The Kier molecular flexibility index (Phi) is 7.07. The number of imidazole rings is 1. The number of hydrogen-bond acceptors (Lipinski definition) is 6. The van der Waals surface area contributed by atoms with Gasteiger partial charge in [-0.2, -0.15) is 0 Å². The zero-order valence-corrected chi connectivity index (χ0v) is 20.8. The fourth-order valence-corrected chi connectivity index (χ4v) is 4.60. The van der Waals surface area contributed by atoms with E-state index < -0.39 is 33.7 Å². The second-order valence-corrected chi connectivity index (χ2v) is 10.2. The van der Waals surface area contributed by atoms with Crippen LogP contribution >= 0.6 is 23.2 Å². The van der Waals surface area contributed by atoms with Crippen LogP contribution < -0.4 is 15.7 Å². The number of halogens is 2. The van der Waals surface area contributed by atoms with Crippen LogP contribution in [0.1, 0.15) is 17.3 Å². The lowest BCUT2D eigenvalue weighted by atomic mass is 10.2. The molecular weight excluding hydrogens is 531 g/mol. The molecular formula is C23H18Cl2N4O6S. The van der Waals surface area contributed by atoms with E-state index in [0.29, 0.717) is 16.1 Å². The molecule has 0 radical (unpaired) electrons. The first-order chi connectivity index (χ1) is 17.0. The molecule has 10 nitrogen and oxygen atoms in total. The Bertz CT molecular complexity index is 1630. The van der Waals surface area contributed by atoms with Gasteiger partial charge in [-0.15, -0.1) is 0 Å². The van der Waals surface area contributed by atoms with Crippen LogP contribution in [0.5, 0.6) is 0 Å². The fraction of sp³-hybridized carbons (Fsp3) is 0.0870. The molecule has 0 fully saturated rings. The number of H-pyrrole nitrogens is 2. The average Bonchev–Trinajstić information content (AvgIpc) is 3.20. The fourth-order valence-electron chi connectivity index (χ4n) is 3.18. The first-order valence-electron chi connectivity index (χ1n) is 10.3. The van der Waals surface area contributed by atoms with Gasteiger partial charge in [0.15, 0.2) is 6.10 Å². The van der Waals surface area contributed by atoms with Crippen LogP contribution in [-0.2, 0) is 19.6 Å². The van der Waals surface area contributed by atoms with Gasteiger partial charge in [-0.25, -0.2) is 18.0 Å². The van der Waals surface area contributed by atoms with Crippen LogP contribution in [0.2, 0.25) is 10.0 Å². The number of nitrogens with one attached hydrogen (secondary N) is 4. The van der Waals surface area contributed by atoms with Crippen molar-refractivity contribution in [3.8, 4) is 0 Å². The van der Waals surface area contributed by atoms with Crippen molar-refractivity contribution in [3.63, 3.8) is 0 Å². The van der Waals surface area contributed by atoms with E-state index in [1.807, 2.05) is 0 Å². The maximum atomic E-state index is 12.7. The quantitative estimate of drug-likeness (QED) is 0.255. The molecule has 0 bridgehead atoms. The molecule has 1 atom stereocenters. The second-order valence-electron chi connectivity index (χ2n) is 7.63. The Labute approximate surface area is 214 Å². The van der Waals surface area contributed by atoms with Crippen molar-refractivity contribution >= 4 is 67.5 Å². The summed E-state index contributed by atoms with van der Waals surface area (Å²) in [7, 11) is -3.97. The number of hydrogen-bond donors (Lipinski definition) is 4. The molecule has 4 aromatic rings. The van der Waals surface area contributed by atoms with Gasteiger partial charge in [0.2, 0.25) is 0 Å². The minimum absolute atomic E-state index is 0.0617. The van der Waals surface area contributed by atoms with Gasteiger partial charge in [0.1, 0.15) is 0 Å². The van der Waals surface area contributed by atoms with Gasteiger partial charge in [0.25, 0.3) is 15.9 Å². The summed E-state index contributed by atoms with van der Waals surface area (Å²) in [4.78, 5) is 41.2. The molecule has 36 heavy (non-hydrogen) atoms. The van der Waals surface area contributed by atoms with E-state index in [2.05, 4.69) is 20.0 Å². The largest absolute Gasteiger partial charge is 0.449 e. The van der Waals surface area contributed by atoms with Crippen LogP contribution in [-0.4, -0.2) is 36.4 Å². The van der Waals surface area contributed by atoms with Crippen molar-refractivity contribution in [2.75, 3.05) is 10.0 Å². The van der Waals surface area contributed by atoms with E-state index in [4.69, 9.17) is 27.9 Å². The molecule has 0 saturated carbocycles. The number of fused-ring (bicyclic) bond motifs is 1. The third-order valence-corrected chi connectivity index (χ3v) is 6.95. The van der Waals surface area contributed by atoms with Gasteiger partial charge in [0, 0.05) is 10.7 Å². The zero-order valence-electron chi connectivity index (χ0n) is 18.5. The topological polar surface area (TPSA) is 150 Å². The molecule has 0 aliphatic heterocycles. The predicted octanol–water partition coefficient (Wildman–Crippen LogP) is 4.15. The van der Waals surface area contributed by atoms with E-state index in [1.54, 1.807) is 6.07 Å². The highest BCUT2D eigenvalue weighted by atomic mass is 35.5. The van der Waals surface area contributed by atoms with Crippen molar-refractivity contribution in [3.05, 3.63) is 86.8 Å². The summed E-state index contributed by atoms with van der Waals surface area (Å²) in [5.74, 6) is -1.40. The molecule has 1 aromatic heterocycles. The summed E-state index contributed by atoms with van der Waals surface area (Å²) in [5.41, 5.74) is 0.934. The highest BCUT2D eigenvalue weighted by Gasteiger charge is 2.21. The number of anilines is 2. The van der Waals surface area contributed by atoms with Crippen LogP contribution in [0.3, 0.4) is 0 Å². The molecule has 186 valence electrons. The van der Waals surface area contributed by atoms with Crippen molar-refractivity contribution < 1.29 is 22.7 Å². The molecule has 0 spiro atoms. The van der Waals surface area contributed by atoms with Crippen LogP contribution in [0.4, 0.5) is 11.4 Å². The van der Waals surface area contributed by atoms with E-state index >= 15 is 0 Å². The smallest absolute Gasteiger partial charge is 0.338 e. The minimum atomic E-state index is -3.97. The minimum Gasteiger partial charge on any atom is -0.449 e. The number of benzene rings is 3. The number of aromatic nitrogens is 2. The number of aromatic amines is 2. The lowest BCUT2D eigenvalue weighted by Crippen LogP contribution is -2.30. The van der Waals surface area contributed by atoms with E-state index in [0.717, 1.165) is 0 Å². The Balaban J connectivity index is 1.40.